The van der Waals surface area contributed by atoms with Crippen LogP contribution in [-0.2, 0) is 4.74 Å². The Bertz CT molecular complexity index is 1150. The zero-order chi connectivity index (χ0) is 24.5. The minimum absolute atomic E-state index is 0.0283. The van der Waals surface area contributed by atoms with Crippen LogP contribution < -0.4 is 10.1 Å². The van der Waals surface area contributed by atoms with Crippen LogP contribution in [-0.4, -0.2) is 43.6 Å². The molecule has 2 heterocycles. The maximum atomic E-state index is 14.8. The number of benzene rings is 1. The van der Waals surface area contributed by atoms with E-state index in [-0.39, 0.29) is 29.5 Å². The highest BCUT2D eigenvalue weighted by Gasteiger charge is 2.38. The number of aromatic nitrogens is 4. The lowest BCUT2D eigenvalue weighted by molar-refractivity contribution is 0.0336. The predicted octanol–water partition coefficient (Wildman–Crippen LogP) is 5.03. The Hall–Kier alpha value is -3.49. The third-order valence-electron chi connectivity index (χ3n) is 5.33. The second kappa shape index (κ2) is 9.40. The first-order chi connectivity index (χ1) is 16.1. The molecule has 0 saturated heterocycles. The third-order valence-corrected chi connectivity index (χ3v) is 5.33. The number of alkyl carbamates (subject to hydrolysis) is 1. The van der Waals surface area contributed by atoms with E-state index in [2.05, 4.69) is 20.5 Å². The second-order valence-corrected chi connectivity index (χ2v) is 9.79. The fourth-order valence-corrected chi connectivity index (χ4v) is 3.81. The van der Waals surface area contributed by atoms with Gasteiger partial charge in [-0.3, -0.25) is 4.57 Å². The van der Waals surface area contributed by atoms with E-state index in [4.69, 9.17) is 9.47 Å². The average Bonchev–Trinajstić information content (AvgIpc) is 3.13. The van der Waals surface area contributed by atoms with Crippen molar-refractivity contribution in [2.24, 2.45) is 0 Å². The molecule has 1 N–H and O–H groups in total. The zero-order valence-electron chi connectivity index (χ0n) is 20.1. The van der Waals surface area contributed by atoms with E-state index in [0.717, 1.165) is 0 Å². The van der Waals surface area contributed by atoms with Crippen LogP contribution in [0.3, 0.4) is 0 Å². The molecule has 1 fully saturated rings. The number of amides is 1. The second-order valence-electron chi connectivity index (χ2n) is 9.79. The van der Waals surface area contributed by atoms with Gasteiger partial charge in [-0.15, -0.1) is 10.2 Å². The topological polar surface area (TPSA) is 91.2 Å². The first-order valence-electron chi connectivity index (χ1n) is 11.4. The predicted molar refractivity (Wildman–Crippen MR) is 125 cm³/mol. The molecule has 0 radical (unpaired) electrons. The summed E-state index contributed by atoms with van der Waals surface area (Å²) in [7, 11) is 0. The van der Waals surface area contributed by atoms with Crippen LogP contribution in [0.5, 0.6) is 5.75 Å². The molecule has 4 rings (SSSR count). The van der Waals surface area contributed by atoms with Gasteiger partial charge in [0, 0.05) is 11.5 Å². The summed E-state index contributed by atoms with van der Waals surface area (Å²) in [5, 5.41) is 11.5. The summed E-state index contributed by atoms with van der Waals surface area (Å²) in [5.74, 6) is 1.27. The third kappa shape index (κ3) is 5.35. The van der Waals surface area contributed by atoms with E-state index >= 15 is 0 Å². The maximum Gasteiger partial charge on any atom is 0.407 e. The van der Waals surface area contributed by atoms with Crippen LogP contribution in [0.25, 0.3) is 17.2 Å². The van der Waals surface area contributed by atoms with Crippen LogP contribution in [0.4, 0.5) is 9.18 Å². The van der Waals surface area contributed by atoms with Gasteiger partial charge in [-0.2, -0.15) is 0 Å². The molecule has 0 bridgehead atoms. The summed E-state index contributed by atoms with van der Waals surface area (Å²) in [5.41, 5.74) is 0.523. The lowest BCUT2D eigenvalue weighted by Gasteiger charge is -2.35. The van der Waals surface area contributed by atoms with E-state index in [1.54, 1.807) is 35.0 Å². The molecule has 34 heavy (non-hydrogen) atoms. The number of hydrogen-bond donors (Lipinski definition) is 1. The Labute approximate surface area is 198 Å². The van der Waals surface area contributed by atoms with Crippen molar-refractivity contribution in [1.82, 2.24) is 25.1 Å². The van der Waals surface area contributed by atoms with Crippen molar-refractivity contribution in [3.63, 3.8) is 0 Å². The molecule has 0 spiro atoms. The number of rotatable bonds is 6. The molecule has 0 atom stereocenters. The van der Waals surface area contributed by atoms with Gasteiger partial charge in [0.2, 0.25) is 0 Å². The summed E-state index contributed by atoms with van der Waals surface area (Å²) in [6.45, 7) is 9.57. The Balaban J connectivity index is 1.59. The highest BCUT2D eigenvalue weighted by Crippen LogP contribution is 2.40. The minimum Gasteiger partial charge on any atom is -0.489 e. The Morgan fingerprint density at radius 1 is 1.15 bits per heavy atom. The van der Waals surface area contributed by atoms with Gasteiger partial charge in [0.15, 0.2) is 5.82 Å². The number of pyridine rings is 1. The molecule has 0 aliphatic heterocycles. The van der Waals surface area contributed by atoms with Crippen molar-refractivity contribution in [3.05, 3.63) is 54.2 Å². The van der Waals surface area contributed by atoms with Crippen molar-refractivity contribution in [3.8, 4) is 23.0 Å². The van der Waals surface area contributed by atoms with Crippen molar-refractivity contribution < 1.29 is 18.7 Å². The highest BCUT2D eigenvalue weighted by molar-refractivity contribution is 5.68. The first kappa shape index (κ1) is 23.7. The lowest BCUT2D eigenvalue weighted by atomic mass is 9.81. The van der Waals surface area contributed by atoms with Gasteiger partial charge >= 0.3 is 6.09 Å². The monoisotopic (exact) mass is 467 g/mol. The number of ether oxygens (including phenoxy) is 2. The standard InChI is InChI=1S/C25H30FN5O3/c1-15(2)33-17-10-11-20(27-14-17)23-30-29-22(31(23)21-9-7-6-8-19(21)26)16-12-18(13-16)34-24(32)28-25(3,4)5/h6-11,14-16,18H,12-13H2,1-5H3,(H,28,32). The van der Waals surface area contributed by atoms with E-state index < -0.39 is 6.09 Å². The zero-order valence-corrected chi connectivity index (χ0v) is 20.1. The Morgan fingerprint density at radius 3 is 2.50 bits per heavy atom. The van der Waals surface area contributed by atoms with E-state index in [9.17, 15) is 9.18 Å². The van der Waals surface area contributed by atoms with E-state index in [0.29, 0.717) is 41.6 Å². The fraction of sp³-hybridized carbons (Fsp3) is 0.440. The fourth-order valence-electron chi connectivity index (χ4n) is 3.81. The molecule has 2 aromatic heterocycles. The smallest absolute Gasteiger partial charge is 0.407 e. The van der Waals surface area contributed by atoms with Crippen molar-refractivity contribution in [2.75, 3.05) is 0 Å². The van der Waals surface area contributed by atoms with Crippen LogP contribution in [0, 0.1) is 5.82 Å². The summed E-state index contributed by atoms with van der Waals surface area (Å²) < 4.78 is 27.7. The normalized spacial score (nSPS) is 17.9. The lowest BCUT2D eigenvalue weighted by Crippen LogP contribution is -2.44. The van der Waals surface area contributed by atoms with Crippen molar-refractivity contribution >= 4 is 6.09 Å². The van der Waals surface area contributed by atoms with Crippen molar-refractivity contribution in [1.29, 1.82) is 0 Å². The van der Waals surface area contributed by atoms with Crippen LogP contribution in [0.1, 0.15) is 59.2 Å². The SMILES string of the molecule is CC(C)Oc1ccc(-c2nnc(C3CC(OC(=O)NC(C)(C)C)C3)n2-c2ccccc2F)nc1. The molecule has 180 valence electrons. The van der Waals surface area contributed by atoms with Gasteiger partial charge in [0.1, 0.15) is 29.2 Å². The summed E-state index contributed by atoms with van der Waals surface area (Å²) >= 11 is 0. The van der Waals surface area contributed by atoms with Crippen LogP contribution in [0.15, 0.2) is 42.6 Å². The molecule has 0 unspecified atom stereocenters. The molecular weight excluding hydrogens is 437 g/mol. The molecule has 1 aliphatic rings. The highest BCUT2D eigenvalue weighted by atomic mass is 19.1. The number of hydrogen-bond acceptors (Lipinski definition) is 6. The summed E-state index contributed by atoms with van der Waals surface area (Å²) in [4.78, 5) is 16.6. The number of carbonyl (C=O) groups excluding carboxylic acids is 1. The molecule has 9 heteroatoms. The summed E-state index contributed by atoms with van der Waals surface area (Å²) in [6, 6.07) is 10.1. The number of para-hydroxylation sites is 1. The summed E-state index contributed by atoms with van der Waals surface area (Å²) in [6.07, 6.45) is 2.14. The molecule has 8 nitrogen and oxygen atoms in total. The quantitative estimate of drug-likeness (QED) is 0.547. The average molecular weight is 468 g/mol. The van der Waals surface area contributed by atoms with Gasteiger partial charge in [-0.25, -0.2) is 14.2 Å². The van der Waals surface area contributed by atoms with Crippen LogP contribution >= 0.6 is 0 Å². The number of nitrogens with zero attached hydrogens (tertiary/aromatic N) is 4. The minimum atomic E-state index is -0.444. The first-order valence-corrected chi connectivity index (χ1v) is 11.4. The number of halogens is 1. The number of carbonyl (C=O) groups is 1. The Morgan fingerprint density at radius 2 is 1.88 bits per heavy atom. The van der Waals surface area contributed by atoms with Gasteiger partial charge in [-0.1, -0.05) is 12.1 Å². The molecule has 1 aromatic carbocycles. The van der Waals surface area contributed by atoms with Gasteiger partial charge in [-0.05, 0) is 71.7 Å². The van der Waals surface area contributed by atoms with Crippen LogP contribution in [0.2, 0.25) is 0 Å². The Kier molecular flexibility index (Phi) is 6.54. The molecule has 3 aromatic rings. The van der Waals surface area contributed by atoms with E-state index in [1.165, 1.54) is 6.07 Å². The van der Waals surface area contributed by atoms with E-state index in [1.807, 2.05) is 40.7 Å². The van der Waals surface area contributed by atoms with Gasteiger partial charge in [0.05, 0.1) is 18.0 Å². The maximum absolute atomic E-state index is 14.8. The largest absolute Gasteiger partial charge is 0.489 e. The molecule has 1 saturated carbocycles. The molecular formula is C25H30FN5O3. The van der Waals surface area contributed by atoms with Crippen molar-refractivity contribution in [2.45, 2.75) is 71.1 Å². The molecule has 1 aliphatic carbocycles. The number of nitrogens with one attached hydrogen (secondary N) is 1. The molecule has 1 amide bonds. The van der Waals surface area contributed by atoms with Gasteiger partial charge < -0.3 is 14.8 Å². The van der Waals surface area contributed by atoms with Gasteiger partial charge in [0.25, 0.3) is 0 Å².